The van der Waals surface area contributed by atoms with Crippen molar-refractivity contribution in [2.75, 3.05) is 33.8 Å². The lowest BCUT2D eigenvalue weighted by Gasteiger charge is -2.27. The Morgan fingerprint density at radius 1 is 1.20 bits per heavy atom. The SMILES string of the molecule is CCC[N+](C)(C)CC.CCOS(=O)(=O)O. The molecule has 94 valence electrons. The lowest BCUT2D eigenvalue weighted by atomic mass is 10.4. The van der Waals surface area contributed by atoms with Gasteiger partial charge < -0.3 is 4.48 Å². The van der Waals surface area contributed by atoms with Gasteiger partial charge in [0.25, 0.3) is 0 Å². The van der Waals surface area contributed by atoms with Crippen LogP contribution in [0.15, 0.2) is 0 Å². The summed E-state index contributed by atoms with van der Waals surface area (Å²) >= 11 is 0. The molecule has 0 bridgehead atoms. The first kappa shape index (κ1) is 17.2. The Labute approximate surface area is 93.6 Å². The summed E-state index contributed by atoms with van der Waals surface area (Å²) in [6.07, 6.45) is 1.29. The molecule has 0 fully saturated rings. The second-order valence-corrected chi connectivity index (χ2v) is 4.90. The van der Waals surface area contributed by atoms with Crippen molar-refractivity contribution in [1.82, 2.24) is 0 Å². The quantitative estimate of drug-likeness (QED) is 0.583. The Kier molecular flexibility index (Phi) is 9.23. The molecule has 0 aliphatic heterocycles. The minimum atomic E-state index is -4.17. The van der Waals surface area contributed by atoms with Crippen LogP contribution in [0.4, 0.5) is 0 Å². The Morgan fingerprint density at radius 3 is 1.73 bits per heavy atom. The summed E-state index contributed by atoms with van der Waals surface area (Å²) in [6.45, 7) is 8.45. The molecule has 6 heteroatoms. The molecule has 0 radical (unpaired) electrons. The molecule has 0 aromatic heterocycles. The molecule has 0 rings (SSSR count). The van der Waals surface area contributed by atoms with E-state index >= 15 is 0 Å². The molecule has 0 atom stereocenters. The van der Waals surface area contributed by atoms with Crippen LogP contribution in [0.5, 0.6) is 0 Å². The fourth-order valence-electron chi connectivity index (χ4n) is 0.912. The van der Waals surface area contributed by atoms with Crippen LogP contribution in [0, 0.1) is 0 Å². The van der Waals surface area contributed by atoms with Crippen molar-refractivity contribution in [2.45, 2.75) is 27.2 Å². The smallest absolute Gasteiger partial charge is 0.329 e. The maximum Gasteiger partial charge on any atom is 0.397 e. The average Bonchev–Trinajstić information content (AvgIpc) is 2.03. The summed E-state index contributed by atoms with van der Waals surface area (Å²) in [5.74, 6) is 0. The van der Waals surface area contributed by atoms with Gasteiger partial charge in [-0.1, -0.05) is 6.92 Å². The van der Waals surface area contributed by atoms with Crippen LogP contribution >= 0.6 is 0 Å². The van der Waals surface area contributed by atoms with Gasteiger partial charge in [-0.3, -0.25) is 4.55 Å². The van der Waals surface area contributed by atoms with Crippen LogP contribution in [-0.4, -0.2) is 51.2 Å². The van der Waals surface area contributed by atoms with Crippen molar-refractivity contribution in [3.05, 3.63) is 0 Å². The van der Waals surface area contributed by atoms with E-state index in [1.807, 2.05) is 0 Å². The first-order valence-electron chi connectivity index (χ1n) is 5.12. The average molecular weight is 242 g/mol. The second kappa shape index (κ2) is 8.04. The van der Waals surface area contributed by atoms with E-state index in [2.05, 4.69) is 32.1 Å². The lowest BCUT2D eigenvalue weighted by molar-refractivity contribution is -0.888. The third-order valence-corrected chi connectivity index (χ3v) is 2.49. The number of quaternary nitrogens is 1. The molecule has 0 aromatic rings. The maximum absolute atomic E-state index is 9.56. The molecule has 0 saturated carbocycles. The van der Waals surface area contributed by atoms with E-state index in [1.54, 1.807) is 0 Å². The zero-order valence-corrected chi connectivity index (χ0v) is 11.2. The summed E-state index contributed by atoms with van der Waals surface area (Å²) in [7, 11) is 0.361. The predicted molar refractivity (Wildman–Crippen MR) is 61.0 cm³/mol. The highest BCUT2D eigenvalue weighted by Gasteiger charge is 2.07. The van der Waals surface area contributed by atoms with Crippen molar-refractivity contribution in [2.24, 2.45) is 0 Å². The molecule has 1 N–H and O–H groups in total. The molecule has 0 aliphatic carbocycles. The van der Waals surface area contributed by atoms with Gasteiger partial charge >= 0.3 is 10.4 Å². The first-order chi connectivity index (χ1) is 6.68. The zero-order chi connectivity index (χ0) is 12.5. The van der Waals surface area contributed by atoms with E-state index in [9.17, 15) is 8.42 Å². The summed E-state index contributed by atoms with van der Waals surface area (Å²) in [6, 6.07) is 0. The van der Waals surface area contributed by atoms with E-state index in [0.29, 0.717) is 0 Å². The summed E-state index contributed by atoms with van der Waals surface area (Å²) < 4.78 is 31.8. The fraction of sp³-hybridized carbons (Fsp3) is 1.00. The third kappa shape index (κ3) is 16.5. The van der Waals surface area contributed by atoms with Crippen LogP contribution in [-0.2, 0) is 14.6 Å². The van der Waals surface area contributed by atoms with Crippen molar-refractivity contribution < 1.29 is 21.6 Å². The van der Waals surface area contributed by atoms with Crippen molar-refractivity contribution in [1.29, 1.82) is 0 Å². The van der Waals surface area contributed by atoms with Gasteiger partial charge in [-0.2, -0.15) is 8.42 Å². The molecule has 0 aromatic carbocycles. The number of hydrogen-bond donors (Lipinski definition) is 1. The van der Waals surface area contributed by atoms with Gasteiger partial charge in [0, 0.05) is 0 Å². The van der Waals surface area contributed by atoms with Crippen molar-refractivity contribution in [3.8, 4) is 0 Å². The second-order valence-electron chi connectivity index (χ2n) is 3.81. The number of nitrogens with zero attached hydrogens (tertiary/aromatic N) is 1. The van der Waals surface area contributed by atoms with Gasteiger partial charge in [0.1, 0.15) is 0 Å². The molecule has 0 aliphatic rings. The molecule has 5 nitrogen and oxygen atoms in total. The van der Waals surface area contributed by atoms with Crippen LogP contribution in [0.3, 0.4) is 0 Å². The summed E-state index contributed by atoms with van der Waals surface area (Å²) in [4.78, 5) is 0. The lowest BCUT2D eigenvalue weighted by Crippen LogP contribution is -2.39. The normalized spacial score (nSPS) is 11.9. The van der Waals surface area contributed by atoms with Crippen LogP contribution in [0.25, 0.3) is 0 Å². The molecule has 0 saturated heterocycles. The monoisotopic (exact) mass is 242 g/mol. The largest absolute Gasteiger partial charge is 0.397 e. The van der Waals surface area contributed by atoms with E-state index in [-0.39, 0.29) is 6.61 Å². The van der Waals surface area contributed by atoms with Crippen molar-refractivity contribution >= 4 is 10.4 Å². The van der Waals surface area contributed by atoms with E-state index < -0.39 is 10.4 Å². The third-order valence-electron chi connectivity index (χ3n) is 1.95. The molecular weight excluding hydrogens is 218 g/mol. The highest BCUT2D eigenvalue weighted by atomic mass is 32.3. The van der Waals surface area contributed by atoms with E-state index in [4.69, 9.17) is 4.55 Å². The Bertz CT molecular complexity index is 236. The summed E-state index contributed by atoms with van der Waals surface area (Å²) in [5.41, 5.74) is 0. The predicted octanol–water partition coefficient (Wildman–Crippen LogP) is 1.32. The Morgan fingerprint density at radius 2 is 1.67 bits per heavy atom. The highest BCUT2D eigenvalue weighted by Crippen LogP contribution is 1.95. The molecule has 15 heavy (non-hydrogen) atoms. The Balaban J connectivity index is 0. The van der Waals surface area contributed by atoms with Crippen LogP contribution in [0.2, 0.25) is 0 Å². The fourth-order valence-corrected chi connectivity index (χ4v) is 1.21. The van der Waals surface area contributed by atoms with E-state index in [1.165, 1.54) is 26.4 Å². The van der Waals surface area contributed by atoms with Gasteiger partial charge in [0.05, 0.1) is 33.8 Å². The number of hydrogen-bond acceptors (Lipinski definition) is 3. The van der Waals surface area contributed by atoms with E-state index in [0.717, 1.165) is 4.48 Å². The topological polar surface area (TPSA) is 63.6 Å². The minimum absolute atomic E-state index is 0.0289. The molecular formula is C9H24NO4S+. The molecule has 0 unspecified atom stereocenters. The Hall–Kier alpha value is -0.170. The van der Waals surface area contributed by atoms with Crippen LogP contribution < -0.4 is 0 Å². The molecule has 0 heterocycles. The van der Waals surface area contributed by atoms with Crippen LogP contribution in [0.1, 0.15) is 27.2 Å². The van der Waals surface area contributed by atoms with Gasteiger partial charge in [0.2, 0.25) is 0 Å². The zero-order valence-electron chi connectivity index (χ0n) is 10.4. The minimum Gasteiger partial charge on any atom is -0.329 e. The summed E-state index contributed by atoms with van der Waals surface area (Å²) in [5, 5.41) is 0. The number of rotatable bonds is 5. The van der Waals surface area contributed by atoms with Gasteiger partial charge in [-0.05, 0) is 20.3 Å². The molecule has 0 spiro atoms. The van der Waals surface area contributed by atoms with Gasteiger partial charge in [-0.25, -0.2) is 4.18 Å². The standard InChI is InChI=1S/C7H18N.C2H6O4S/c1-5-7-8(3,4)6-2;1-2-6-7(3,4)5/h5-7H2,1-4H3;2H2,1H3,(H,3,4,5)/q+1;. The first-order valence-corrected chi connectivity index (χ1v) is 6.48. The molecule has 0 amide bonds. The van der Waals surface area contributed by atoms with Gasteiger partial charge in [0.15, 0.2) is 0 Å². The highest BCUT2D eigenvalue weighted by molar-refractivity contribution is 7.80. The maximum atomic E-state index is 9.56. The van der Waals surface area contributed by atoms with Crippen molar-refractivity contribution in [3.63, 3.8) is 0 Å². The van der Waals surface area contributed by atoms with Gasteiger partial charge in [-0.15, -0.1) is 0 Å².